The number of aromatic nitrogens is 1. The highest BCUT2D eigenvalue weighted by Gasteiger charge is 2.43. The molecule has 1 atom stereocenters. The van der Waals surface area contributed by atoms with Crippen molar-refractivity contribution in [2.24, 2.45) is 7.05 Å². The molecule has 1 saturated heterocycles. The number of rotatable bonds is 9. The van der Waals surface area contributed by atoms with Crippen LogP contribution in [0.2, 0.25) is 28.2 Å². The van der Waals surface area contributed by atoms with Crippen molar-refractivity contribution in [2.75, 3.05) is 13.6 Å². The molecule has 1 unspecified atom stereocenters. The van der Waals surface area contributed by atoms with Crippen LogP contribution in [0.15, 0.2) is 12.4 Å². The fourth-order valence-corrected chi connectivity index (χ4v) is 8.86. The van der Waals surface area contributed by atoms with E-state index >= 15 is 0 Å². The van der Waals surface area contributed by atoms with Crippen LogP contribution in [0.5, 0.6) is 0 Å². The van der Waals surface area contributed by atoms with Crippen molar-refractivity contribution in [1.82, 2.24) is 10.2 Å². The number of pyridine rings is 1. The number of likely N-dealkylation sites (tertiary alicyclic amines) is 1. The van der Waals surface area contributed by atoms with Gasteiger partial charge in [-0.2, -0.15) is 0 Å². The van der Waals surface area contributed by atoms with Crippen LogP contribution in [0.4, 0.5) is 0 Å². The molecule has 1 aromatic rings. The first kappa shape index (κ1) is 27.1. The normalized spacial score (nSPS) is 20.7. The average Bonchev–Trinajstić information content (AvgIpc) is 2.67. The van der Waals surface area contributed by atoms with E-state index in [-0.39, 0.29) is 17.2 Å². The zero-order valence-electron chi connectivity index (χ0n) is 21.1. The van der Waals surface area contributed by atoms with Gasteiger partial charge in [0.25, 0.3) is 0 Å². The molecule has 1 aliphatic heterocycles. The lowest BCUT2D eigenvalue weighted by Crippen LogP contribution is -2.62. The van der Waals surface area contributed by atoms with E-state index in [1.54, 1.807) is 0 Å². The van der Waals surface area contributed by atoms with Gasteiger partial charge in [0.2, 0.25) is 0 Å². The third-order valence-corrected chi connectivity index (χ3v) is 12.9. The minimum atomic E-state index is -1.85. The molecule has 1 aliphatic rings. The Morgan fingerprint density at radius 2 is 1.52 bits per heavy atom. The molecule has 0 radical (unpaired) electrons. The van der Waals surface area contributed by atoms with Crippen molar-refractivity contribution in [3.8, 4) is 0 Å². The van der Waals surface area contributed by atoms with Crippen LogP contribution >= 0.6 is 23.2 Å². The van der Waals surface area contributed by atoms with Crippen molar-refractivity contribution in [3.05, 3.63) is 28.0 Å². The summed E-state index contributed by atoms with van der Waals surface area (Å²) in [5, 5.41) is 5.22. The van der Waals surface area contributed by atoms with Crippen molar-refractivity contribution >= 4 is 31.5 Å². The Labute approximate surface area is 201 Å². The molecular weight excluding hydrogens is 445 g/mol. The summed E-state index contributed by atoms with van der Waals surface area (Å²) in [7, 11) is 2.34. The van der Waals surface area contributed by atoms with Crippen LogP contribution in [-0.4, -0.2) is 43.9 Å². The number of aryl methyl sites for hydroxylation is 1. The van der Waals surface area contributed by atoms with Crippen LogP contribution < -0.4 is 9.88 Å². The van der Waals surface area contributed by atoms with E-state index in [1.165, 1.54) is 0 Å². The van der Waals surface area contributed by atoms with Gasteiger partial charge in [0.05, 0.1) is 6.10 Å². The first-order valence-corrected chi connectivity index (χ1v) is 15.1. The third-order valence-electron chi connectivity index (χ3n) is 7.70. The van der Waals surface area contributed by atoms with E-state index in [2.05, 4.69) is 65.7 Å². The van der Waals surface area contributed by atoms with Crippen molar-refractivity contribution < 1.29 is 8.99 Å². The highest BCUT2D eigenvalue weighted by molar-refractivity contribution is 6.73. The Bertz CT molecular complexity index is 703. The predicted molar refractivity (Wildman–Crippen MR) is 136 cm³/mol. The molecular formula is C24H44Cl2N3OSi+. The van der Waals surface area contributed by atoms with E-state index in [1.807, 2.05) is 24.0 Å². The zero-order chi connectivity index (χ0) is 23.6. The number of hydrogen-bond donors (Lipinski definition) is 1. The first-order chi connectivity index (χ1) is 14.3. The van der Waals surface area contributed by atoms with Crippen LogP contribution in [0.1, 0.15) is 73.0 Å². The molecule has 0 aliphatic carbocycles. The summed E-state index contributed by atoms with van der Waals surface area (Å²) in [4.78, 5) is 2.51. The Morgan fingerprint density at radius 3 is 1.94 bits per heavy atom. The quantitative estimate of drug-likeness (QED) is 0.335. The van der Waals surface area contributed by atoms with Crippen LogP contribution in [0, 0.1) is 0 Å². The molecule has 0 aromatic carbocycles. The van der Waals surface area contributed by atoms with Gasteiger partial charge in [0.15, 0.2) is 20.7 Å². The second kappa shape index (κ2) is 10.4. The van der Waals surface area contributed by atoms with E-state index in [0.717, 1.165) is 43.1 Å². The van der Waals surface area contributed by atoms with E-state index in [4.69, 9.17) is 27.6 Å². The van der Waals surface area contributed by atoms with E-state index in [9.17, 15) is 0 Å². The van der Waals surface area contributed by atoms with E-state index < -0.39 is 8.32 Å². The number of hydrogen-bond acceptors (Lipinski definition) is 3. The summed E-state index contributed by atoms with van der Waals surface area (Å²) in [6.07, 6.45) is 5.91. The van der Waals surface area contributed by atoms with Gasteiger partial charge in [-0.25, -0.2) is 4.57 Å². The Kier molecular flexibility index (Phi) is 9.08. The zero-order valence-corrected chi connectivity index (χ0v) is 23.6. The second-order valence-corrected chi connectivity index (χ2v) is 16.1. The number of halogens is 2. The summed E-state index contributed by atoms with van der Waals surface area (Å²) in [6, 6.07) is 3.72. The molecule has 1 N–H and O–H groups in total. The van der Waals surface area contributed by atoms with Crippen LogP contribution in [-0.2, 0) is 11.5 Å². The van der Waals surface area contributed by atoms with Gasteiger partial charge in [0, 0.05) is 29.2 Å². The van der Waals surface area contributed by atoms with Crippen LogP contribution in [0.3, 0.4) is 0 Å². The number of nitrogens with zero attached hydrogens (tertiary/aromatic N) is 2. The van der Waals surface area contributed by atoms with Gasteiger partial charge in [-0.05, 0) is 65.7 Å². The summed E-state index contributed by atoms with van der Waals surface area (Å²) < 4.78 is 8.88. The van der Waals surface area contributed by atoms with E-state index in [0.29, 0.717) is 16.1 Å². The van der Waals surface area contributed by atoms with Gasteiger partial charge in [-0.15, -0.1) is 0 Å². The number of piperidine rings is 1. The van der Waals surface area contributed by atoms with Gasteiger partial charge < -0.3 is 9.74 Å². The molecule has 178 valence electrons. The second-order valence-electron chi connectivity index (χ2n) is 10.6. The highest BCUT2D eigenvalue weighted by Crippen LogP contribution is 2.39. The van der Waals surface area contributed by atoms with Crippen molar-refractivity contribution in [3.63, 3.8) is 0 Å². The topological polar surface area (TPSA) is 28.4 Å². The molecule has 0 amide bonds. The molecule has 0 bridgehead atoms. The molecule has 4 nitrogen and oxygen atoms in total. The average molecular weight is 490 g/mol. The third kappa shape index (κ3) is 6.24. The minimum Gasteiger partial charge on any atom is -0.409 e. The summed E-state index contributed by atoms with van der Waals surface area (Å²) >= 11 is 13.4. The van der Waals surface area contributed by atoms with Gasteiger partial charge >= 0.3 is 0 Å². The first-order valence-electron chi connectivity index (χ1n) is 11.8. The monoisotopic (exact) mass is 488 g/mol. The predicted octanol–water partition coefficient (Wildman–Crippen LogP) is 6.12. The van der Waals surface area contributed by atoms with Crippen LogP contribution in [0.25, 0.3) is 0 Å². The lowest BCUT2D eigenvalue weighted by molar-refractivity contribution is -0.671. The fourth-order valence-electron chi connectivity index (χ4n) is 5.25. The summed E-state index contributed by atoms with van der Waals surface area (Å²) in [6.45, 7) is 16.9. The molecule has 1 aromatic heterocycles. The Morgan fingerprint density at radius 1 is 1.06 bits per heavy atom. The molecule has 2 rings (SSSR count). The Balaban J connectivity index is 2.32. The Hall–Kier alpha value is -0.173. The molecule has 7 heteroatoms. The SMILES string of the molecule is CC[Si](CC)(CC)OC(CNC1CC(C)(C)N(C)C(C)(C)C1)c1c(Cl)c[n+](C)cc1Cl. The molecule has 0 saturated carbocycles. The molecule has 1 fully saturated rings. The molecule has 31 heavy (non-hydrogen) atoms. The maximum absolute atomic E-state index is 6.98. The molecule has 2 heterocycles. The lowest BCUT2D eigenvalue weighted by Gasteiger charge is -2.54. The maximum atomic E-state index is 6.98. The van der Waals surface area contributed by atoms with Gasteiger partial charge in [0.1, 0.15) is 17.1 Å². The van der Waals surface area contributed by atoms with Crippen molar-refractivity contribution in [2.45, 2.75) is 103 Å². The fraction of sp³-hybridized carbons (Fsp3) is 0.792. The van der Waals surface area contributed by atoms with Gasteiger partial charge in [-0.1, -0.05) is 44.0 Å². The van der Waals surface area contributed by atoms with Gasteiger partial charge in [-0.3, -0.25) is 4.90 Å². The lowest BCUT2D eigenvalue weighted by atomic mass is 9.77. The van der Waals surface area contributed by atoms with Crippen molar-refractivity contribution in [1.29, 1.82) is 0 Å². The largest absolute Gasteiger partial charge is 0.409 e. The smallest absolute Gasteiger partial charge is 0.192 e. The summed E-state index contributed by atoms with van der Waals surface area (Å²) in [5.74, 6) is 0. The summed E-state index contributed by atoms with van der Waals surface area (Å²) in [5.41, 5.74) is 1.20. The highest BCUT2D eigenvalue weighted by atomic mass is 35.5. The standard InChI is InChI=1S/C24H44Cl2N3OSi/c1-10-31(11-2,12-3)30-21(22-19(25)16-28(8)17-20(22)26)15-27-18-13-23(4,5)29(9)24(6,7)14-18/h16-18,21,27H,10-15H2,1-9H3/q+1. The minimum absolute atomic E-state index is 0.139. The maximum Gasteiger partial charge on any atom is 0.192 e. The molecule has 0 spiro atoms. The number of nitrogens with one attached hydrogen (secondary N) is 1.